The number of oxazole rings is 1. The molecule has 0 unspecified atom stereocenters. The highest BCUT2D eigenvalue weighted by Gasteiger charge is 2.41. The van der Waals surface area contributed by atoms with Crippen LogP contribution >= 0.6 is 0 Å². The Morgan fingerprint density at radius 3 is 2.80 bits per heavy atom. The maximum absolute atomic E-state index is 12.8. The van der Waals surface area contributed by atoms with Crippen LogP contribution in [-0.2, 0) is 0 Å². The summed E-state index contributed by atoms with van der Waals surface area (Å²) >= 11 is 0. The maximum Gasteiger partial charge on any atom is 0.252 e. The number of hydrogen-bond acceptors (Lipinski definition) is 6. The molecule has 0 saturated carbocycles. The summed E-state index contributed by atoms with van der Waals surface area (Å²) in [6.45, 7) is 9.94. The second kappa shape index (κ2) is 7.22. The zero-order valence-electron chi connectivity index (χ0n) is 18.1. The van der Waals surface area contributed by atoms with Gasteiger partial charge in [-0.3, -0.25) is 4.79 Å². The van der Waals surface area contributed by atoms with Crippen molar-refractivity contribution >= 4 is 17.0 Å². The molecule has 7 heteroatoms. The minimum atomic E-state index is 0.136. The quantitative estimate of drug-likeness (QED) is 0.651. The van der Waals surface area contributed by atoms with E-state index in [9.17, 15) is 4.79 Å². The first kappa shape index (κ1) is 19.3. The molecular weight excluding hydrogens is 378 g/mol. The number of fused-ring (bicyclic) bond motifs is 5. The van der Waals surface area contributed by atoms with E-state index in [1.807, 2.05) is 19.9 Å². The van der Waals surface area contributed by atoms with Crippen molar-refractivity contribution in [3.05, 3.63) is 46.0 Å². The van der Waals surface area contributed by atoms with Gasteiger partial charge in [-0.2, -0.15) is 4.98 Å². The third-order valence-electron chi connectivity index (χ3n) is 6.60. The fraction of sp³-hybridized carbons (Fsp3) is 0.565. The van der Waals surface area contributed by atoms with E-state index in [1.165, 1.54) is 0 Å². The molecule has 2 aliphatic heterocycles. The number of piperidine rings is 1. The van der Waals surface area contributed by atoms with E-state index >= 15 is 0 Å². The van der Waals surface area contributed by atoms with E-state index in [0.29, 0.717) is 35.2 Å². The van der Waals surface area contributed by atoms with Crippen molar-refractivity contribution in [1.82, 2.24) is 19.5 Å². The number of hydrogen-bond donors (Lipinski definition) is 0. The number of aromatic nitrogens is 4. The molecule has 158 valence electrons. The normalized spacial score (nSPS) is 23.2. The molecule has 0 aliphatic carbocycles. The van der Waals surface area contributed by atoms with Gasteiger partial charge in [-0.1, -0.05) is 19.9 Å². The van der Waals surface area contributed by atoms with Crippen molar-refractivity contribution in [2.24, 2.45) is 11.8 Å². The Balaban J connectivity index is 1.57. The molecule has 3 aromatic rings. The largest absolute Gasteiger partial charge is 0.422 e. The van der Waals surface area contributed by atoms with E-state index in [4.69, 9.17) is 9.40 Å². The van der Waals surface area contributed by atoms with Gasteiger partial charge in [0.2, 0.25) is 0 Å². The van der Waals surface area contributed by atoms with Crippen LogP contribution < -0.4 is 10.5 Å². The molecule has 5 rings (SSSR count). The zero-order chi connectivity index (χ0) is 21.0. The van der Waals surface area contributed by atoms with Crippen molar-refractivity contribution in [2.45, 2.75) is 58.9 Å². The fourth-order valence-corrected chi connectivity index (χ4v) is 5.32. The predicted molar refractivity (Wildman–Crippen MR) is 116 cm³/mol. The molecule has 2 bridgehead atoms. The predicted octanol–water partition coefficient (Wildman–Crippen LogP) is 4.00. The highest BCUT2D eigenvalue weighted by atomic mass is 16.4. The zero-order valence-corrected chi connectivity index (χ0v) is 18.1. The SMILES string of the molecule is Cc1nc(N2C[C@H]3C[C@@H](C2)[C@H](CCC(C)C)n2c3cccc2=O)c2nc(C)oc2n1. The van der Waals surface area contributed by atoms with Gasteiger partial charge in [0.25, 0.3) is 11.3 Å². The highest BCUT2D eigenvalue weighted by molar-refractivity contribution is 5.82. The first-order chi connectivity index (χ1) is 14.4. The minimum absolute atomic E-state index is 0.136. The summed E-state index contributed by atoms with van der Waals surface area (Å²) in [4.78, 5) is 28.9. The Labute approximate surface area is 176 Å². The summed E-state index contributed by atoms with van der Waals surface area (Å²) < 4.78 is 7.79. The smallest absolute Gasteiger partial charge is 0.252 e. The van der Waals surface area contributed by atoms with Crippen LogP contribution in [0.3, 0.4) is 0 Å². The van der Waals surface area contributed by atoms with Crippen LogP contribution in [0.1, 0.15) is 62.5 Å². The van der Waals surface area contributed by atoms with Gasteiger partial charge in [-0.05, 0) is 44.1 Å². The summed E-state index contributed by atoms with van der Waals surface area (Å²) in [5.74, 6) is 3.50. The number of nitrogens with zero attached hydrogens (tertiary/aromatic N) is 5. The minimum Gasteiger partial charge on any atom is -0.422 e. The Morgan fingerprint density at radius 2 is 2.00 bits per heavy atom. The average Bonchev–Trinajstić information content (AvgIpc) is 3.07. The van der Waals surface area contributed by atoms with Crippen LogP contribution in [0.2, 0.25) is 0 Å². The van der Waals surface area contributed by atoms with Crippen molar-refractivity contribution in [1.29, 1.82) is 0 Å². The van der Waals surface area contributed by atoms with Gasteiger partial charge in [0.05, 0.1) is 0 Å². The molecule has 3 aromatic heterocycles. The van der Waals surface area contributed by atoms with Crippen LogP contribution in [0.25, 0.3) is 11.2 Å². The van der Waals surface area contributed by atoms with Crippen LogP contribution in [0.5, 0.6) is 0 Å². The lowest BCUT2D eigenvalue weighted by Gasteiger charge is -2.47. The first-order valence-corrected chi connectivity index (χ1v) is 11.0. The lowest BCUT2D eigenvalue weighted by atomic mass is 9.76. The lowest BCUT2D eigenvalue weighted by molar-refractivity contribution is 0.195. The van der Waals surface area contributed by atoms with Gasteiger partial charge in [0.15, 0.2) is 17.2 Å². The number of pyridine rings is 1. The van der Waals surface area contributed by atoms with Crippen molar-refractivity contribution in [3.63, 3.8) is 0 Å². The topological polar surface area (TPSA) is 77.0 Å². The summed E-state index contributed by atoms with van der Waals surface area (Å²) in [6.07, 6.45) is 3.26. The van der Waals surface area contributed by atoms with Crippen LogP contribution in [0, 0.1) is 25.7 Å². The number of anilines is 1. The Kier molecular flexibility index (Phi) is 4.64. The molecule has 5 heterocycles. The van der Waals surface area contributed by atoms with Gasteiger partial charge in [0, 0.05) is 43.7 Å². The molecule has 0 aromatic carbocycles. The summed E-state index contributed by atoms with van der Waals surface area (Å²) in [7, 11) is 0. The monoisotopic (exact) mass is 407 g/mol. The molecular formula is C23H29N5O2. The van der Waals surface area contributed by atoms with Crippen molar-refractivity contribution in [3.8, 4) is 0 Å². The van der Waals surface area contributed by atoms with Crippen LogP contribution in [0.4, 0.5) is 5.82 Å². The maximum atomic E-state index is 12.8. The Morgan fingerprint density at radius 1 is 1.17 bits per heavy atom. The van der Waals surface area contributed by atoms with Gasteiger partial charge in [0.1, 0.15) is 5.82 Å². The van der Waals surface area contributed by atoms with E-state index in [1.54, 1.807) is 6.07 Å². The molecule has 0 spiro atoms. The Bertz CT molecular complexity index is 1150. The molecule has 0 N–H and O–H groups in total. The van der Waals surface area contributed by atoms with Gasteiger partial charge in [-0.25, -0.2) is 9.97 Å². The highest BCUT2D eigenvalue weighted by Crippen LogP contribution is 2.44. The van der Waals surface area contributed by atoms with Gasteiger partial charge >= 0.3 is 0 Å². The second-order valence-corrected chi connectivity index (χ2v) is 9.28. The molecule has 0 amide bonds. The van der Waals surface area contributed by atoms with Gasteiger partial charge in [-0.15, -0.1) is 0 Å². The summed E-state index contributed by atoms with van der Waals surface area (Å²) in [6, 6.07) is 5.98. The lowest BCUT2D eigenvalue weighted by Crippen LogP contribution is -2.50. The van der Waals surface area contributed by atoms with E-state index in [0.717, 1.165) is 49.4 Å². The summed E-state index contributed by atoms with van der Waals surface area (Å²) in [5, 5.41) is 0. The third kappa shape index (κ3) is 3.20. The third-order valence-corrected chi connectivity index (χ3v) is 6.60. The Hall–Kier alpha value is -2.70. The molecule has 30 heavy (non-hydrogen) atoms. The van der Waals surface area contributed by atoms with Crippen LogP contribution in [-0.4, -0.2) is 32.6 Å². The molecule has 1 fully saturated rings. The van der Waals surface area contributed by atoms with Gasteiger partial charge < -0.3 is 13.9 Å². The number of rotatable bonds is 4. The van der Waals surface area contributed by atoms with Crippen LogP contribution in [0.15, 0.2) is 27.4 Å². The van der Waals surface area contributed by atoms with E-state index in [-0.39, 0.29) is 11.6 Å². The standard InChI is InChI=1S/C23H29N5O2/c1-13(2)8-9-19-17-10-16(18-6-5-7-20(29)28(18)19)11-27(12-17)22-21-23(25-14(3)24-22)30-15(4)26-21/h5-7,13,16-17,19H,8-12H2,1-4H3/t16-,17+,19+/m1/s1. The van der Waals surface area contributed by atoms with E-state index < -0.39 is 0 Å². The fourth-order valence-electron chi connectivity index (χ4n) is 5.32. The second-order valence-electron chi connectivity index (χ2n) is 9.28. The van der Waals surface area contributed by atoms with E-state index in [2.05, 4.69) is 39.3 Å². The summed E-state index contributed by atoms with van der Waals surface area (Å²) in [5.41, 5.74) is 2.59. The first-order valence-electron chi connectivity index (χ1n) is 11.0. The molecule has 3 atom stereocenters. The molecule has 7 nitrogen and oxygen atoms in total. The molecule has 1 saturated heterocycles. The average molecular weight is 408 g/mol. The van der Waals surface area contributed by atoms with Crippen molar-refractivity contribution in [2.75, 3.05) is 18.0 Å². The van der Waals surface area contributed by atoms with Crippen molar-refractivity contribution < 1.29 is 4.42 Å². The molecule has 2 aliphatic rings. The molecule has 0 radical (unpaired) electrons. The number of aryl methyl sites for hydroxylation is 2.